The number of nitrogens with two attached hydrogens (primary N) is 1. The zero-order chi connectivity index (χ0) is 18.5. The van der Waals surface area contributed by atoms with Crippen molar-refractivity contribution in [1.29, 1.82) is 0 Å². The highest BCUT2D eigenvalue weighted by Gasteiger charge is 2.38. The maximum Gasteiger partial charge on any atom is 0.453 e. The van der Waals surface area contributed by atoms with E-state index < -0.39 is 12.0 Å². The minimum absolute atomic E-state index is 0.0312. The number of halogens is 5. The normalized spacial score (nSPS) is 12.0. The molecular formula is C14H11Cl2F3N6. The third kappa shape index (κ3) is 3.05. The van der Waals surface area contributed by atoms with Gasteiger partial charge in [0.2, 0.25) is 0 Å². The summed E-state index contributed by atoms with van der Waals surface area (Å²) in [6, 6.07) is 3.00. The molecule has 0 fully saturated rings. The quantitative estimate of drug-likeness (QED) is 0.634. The van der Waals surface area contributed by atoms with Gasteiger partial charge in [0.15, 0.2) is 11.5 Å². The lowest BCUT2D eigenvalue weighted by Crippen LogP contribution is -2.14. The van der Waals surface area contributed by atoms with Crippen LogP contribution in [-0.2, 0) is 6.18 Å². The highest BCUT2D eigenvalue weighted by Crippen LogP contribution is 2.34. The van der Waals surface area contributed by atoms with Crippen LogP contribution in [0.25, 0.3) is 5.65 Å². The van der Waals surface area contributed by atoms with Crippen molar-refractivity contribution in [2.45, 2.75) is 20.0 Å². The number of nitrogen functional groups attached to an aromatic ring is 1. The Labute approximate surface area is 149 Å². The molecule has 11 heteroatoms. The third-order valence-corrected chi connectivity index (χ3v) is 4.31. The van der Waals surface area contributed by atoms with Gasteiger partial charge in [0, 0.05) is 16.8 Å². The molecule has 0 bridgehead atoms. The van der Waals surface area contributed by atoms with Crippen molar-refractivity contribution in [1.82, 2.24) is 19.8 Å². The summed E-state index contributed by atoms with van der Waals surface area (Å²) in [6.45, 7) is 3.34. The Kier molecular flexibility index (Phi) is 4.16. The van der Waals surface area contributed by atoms with Crippen molar-refractivity contribution >= 4 is 46.0 Å². The molecule has 0 aliphatic carbocycles. The van der Waals surface area contributed by atoms with Crippen LogP contribution in [-0.4, -0.2) is 19.8 Å². The fourth-order valence-corrected chi connectivity index (χ4v) is 2.70. The SMILES string of the molecule is Cc1c(Nc2cc(Cl)c(N)c(Cl)c2)nn2c(C(F)(F)F)nnc2c1C. The molecule has 1 aromatic carbocycles. The predicted octanol–water partition coefficient (Wildman–Crippen LogP) is 4.39. The Morgan fingerprint density at radius 3 is 2.24 bits per heavy atom. The Bertz CT molecular complexity index is 960. The summed E-state index contributed by atoms with van der Waals surface area (Å²) in [6.07, 6.45) is -4.68. The molecule has 0 spiro atoms. The van der Waals surface area contributed by atoms with Gasteiger partial charge in [-0.3, -0.25) is 0 Å². The van der Waals surface area contributed by atoms with E-state index in [0.29, 0.717) is 21.3 Å². The van der Waals surface area contributed by atoms with Crippen molar-refractivity contribution in [3.05, 3.63) is 39.1 Å². The minimum atomic E-state index is -4.68. The van der Waals surface area contributed by atoms with Gasteiger partial charge in [0.25, 0.3) is 5.82 Å². The smallest absolute Gasteiger partial charge is 0.396 e. The number of nitrogens with zero attached hydrogens (tertiary/aromatic N) is 4. The van der Waals surface area contributed by atoms with E-state index in [1.165, 1.54) is 12.1 Å². The molecule has 0 aliphatic heterocycles. The number of rotatable bonds is 2. The molecule has 0 saturated heterocycles. The van der Waals surface area contributed by atoms with E-state index in [1.807, 2.05) is 0 Å². The van der Waals surface area contributed by atoms with E-state index in [0.717, 1.165) is 0 Å². The molecule has 0 radical (unpaired) electrons. The van der Waals surface area contributed by atoms with Crippen LogP contribution >= 0.6 is 23.2 Å². The Morgan fingerprint density at radius 1 is 1.08 bits per heavy atom. The van der Waals surface area contributed by atoms with Crippen molar-refractivity contribution in [2.24, 2.45) is 0 Å². The summed E-state index contributed by atoms with van der Waals surface area (Å²) in [4.78, 5) is 0. The first-order valence-corrected chi connectivity index (χ1v) is 7.66. The van der Waals surface area contributed by atoms with E-state index in [4.69, 9.17) is 28.9 Å². The second kappa shape index (κ2) is 5.92. The van der Waals surface area contributed by atoms with Crippen LogP contribution in [0.2, 0.25) is 10.0 Å². The lowest BCUT2D eigenvalue weighted by Gasteiger charge is -2.13. The van der Waals surface area contributed by atoms with Crippen molar-refractivity contribution in [3.8, 4) is 0 Å². The number of aryl methyl sites for hydroxylation is 1. The van der Waals surface area contributed by atoms with E-state index >= 15 is 0 Å². The van der Waals surface area contributed by atoms with Crippen molar-refractivity contribution < 1.29 is 13.2 Å². The molecule has 0 unspecified atom stereocenters. The first-order chi connectivity index (χ1) is 11.6. The van der Waals surface area contributed by atoms with Gasteiger partial charge in [0.1, 0.15) is 0 Å². The van der Waals surface area contributed by atoms with E-state index in [1.54, 1.807) is 13.8 Å². The molecule has 0 atom stereocenters. The lowest BCUT2D eigenvalue weighted by atomic mass is 10.2. The first-order valence-electron chi connectivity index (χ1n) is 6.91. The molecule has 2 heterocycles. The Balaban J connectivity index is 2.15. The summed E-state index contributed by atoms with van der Waals surface area (Å²) >= 11 is 12.0. The third-order valence-electron chi connectivity index (χ3n) is 3.69. The molecule has 0 amide bonds. The van der Waals surface area contributed by atoms with Gasteiger partial charge in [-0.25, -0.2) is 0 Å². The van der Waals surface area contributed by atoms with Crippen molar-refractivity contribution in [3.63, 3.8) is 0 Å². The standard InChI is InChI=1S/C14H11Cl2F3N6/c1-5-6(2)12-22-23-13(14(17,18)19)25(12)24-11(5)21-7-3-8(15)10(20)9(16)4-7/h3-4H,20H2,1-2H3,(H,21,24). The van der Waals surface area contributed by atoms with Gasteiger partial charge in [-0.2, -0.15) is 17.7 Å². The summed E-state index contributed by atoms with van der Waals surface area (Å²) in [5.74, 6) is -1.02. The molecule has 3 aromatic rings. The number of hydrogen-bond acceptors (Lipinski definition) is 5. The molecule has 0 aliphatic rings. The topological polar surface area (TPSA) is 81.1 Å². The van der Waals surface area contributed by atoms with Crippen LogP contribution in [0, 0.1) is 13.8 Å². The molecule has 25 heavy (non-hydrogen) atoms. The largest absolute Gasteiger partial charge is 0.453 e. The van der Waals surface area contributed by atoms with Crippen LogP contribution < -0.4 is 11.1 Å². The lowest BCUT2D eigenvalue weighted by molar-refractivity contribution is -0.146. The predicted molar refractivity (Wildman–Crippen MR) is 89.4 cm³/mol. The number of fused-ring (bicyclic) bond motifs is 1. The van der Waals surface area contributed by atoms with E-state index in [-0.39, 0.29) is 27.2 Å². The summed E-state index contributed by atoms with van der Waals surface area (Å²) in [5.41, 5.74) is 7.46. The molecular weight excluding hydrogens is 380 g/mol. The zero-order valence-corrected chi connectivity index (χ0v) is 14.4. The number of nitrogens with one attached hydrogen (secondary N) is 1. The van der Waals surface area contributed by atoms with E-state index in [9.17, 15) is 13.2 Å². The summed E-state index contributed by atoms with van der Waals surface area (Å²) < 4.78 is 39.8. The maximum atomic E-state index is 13.1. The molecule has 132 valence electrons. The molecule has 3 N–H and O–H groups in total. The first kappa shape index (κ1) is 17.6. The number of hydrogen-bond donors (Lipinski definition) is 2. The van der Waals surface area contributed by atoms with Gasteiger partial charge in [-0.05, 0) is 26.0 Å². The van der Waals surface area contributed by atoms with Crippen LogP contribution in [0.5, 0.6) is 0 Å². The number of alkyl halides is 3. The second-order valence-corrected chi connectivity index (χ2v) is 6.15. The number of aromatic nitrogens is 4. The fourth-order valence-electron chi connectivity index (χ4n) is 2.22. The van der Waals surface area contributed by atoms with Gasteiger partial charge in [0.05, 0.1) is 15.7 Å². The minimum Gasteiger partial charge on any atom is -0.396 e. The molecule has 0 saturated carbocycles. The van der Waals surface area contributed by atoms with Crippen LogP contribution in [0.15, 0.2) is 12.1 Å². The van der Waals surface area contributed by atoms with Gasteiger partial charge in [-0.15, -0.1) is 15.3 Å². The van der Waals surface area contributed by atoms with Gasteiger partial charge < -0.3 is 11.1 Å². The van der Waals surface area contributed by atoms with Crippen LogP contribution in [0.1, 0.15) is 17.0 Å². The summed E-state index contributed by atoms with van der Waals surface area (Å²) in [7, 11) is 0. The van der Waals surface area contributed by atoms with Crippen molar-refractivity contribution in [2.75, 3.05) is 11.1 Å². The average molecular weight is 391 g/mol. The van der Waals surface area contributed by atoms with Gasteiger partial charge >= 0.3 is 6.18 Å². The maximum absolute atomic E-state index is 13.1. The highest BCUT2D eigenvalue weighted by molar-refractivity contribution is 6.39. The average Bonchev–Trinajstić information content (AvgIpc) is 2.94. The highest BCUT2D eigenvalue weighted by atomic mass is 35.5. The van der Waals surface area contributed by atoms with Crippen LogP contribution in [0.3, 0.4) is 0 Å². The molecule has 6 nitrogen and oxygen atoms in total. The van der Waals surface area contributed by atoms with Gasteiger partial charge in [-0.1, -0.05) is 23.2 Å². The Morgan fingerprint density at radius 2 is 1.68 bits per heavy atom. The van der Waals surface area contributed by atoms with E-state index in [2.05, 4.69) is 20.6 Å². The summed E-state index contributed by atoms with van der Waals surface area (Å²) in [5, 5.41) is 14.1. The zero-order valence-electron chi connectivity index (χ0n) is 12.9. The fraction of sp³-hybridized carbons (Fsp3) is 0.214. The monoisotopic (exact) mass is 390 g/mol. The molecule has 2 aromatic heterocycles. The number of anilines is 3. The van der Waals surface area contributed by atoms with Crippen LogP contribution in [0.4, 0.5) is 30.4 Å². The number of benzene rings is 1. The second-order valence-electron chi connectivity index (χ2n) is 5.33. The Hall–Kier alpha value is -2.26. The molecule has 3 rings (SSSR count).